The molecule has 2 saturated heterocycles. The molecule has 0 aromatic carbocycles. The predicted molar refractivity (Wildman–Crippen MR) is 92.2 cm³/mol. The van der Waals surface area contributed by atoms with E-state index >= 15 is 0 Å². The third-order valence-electron chi connectivity index (χ3n) is 4.77. The van der Waals surface area contributed by atoms with Crippen molar-refractivity contribution in [1.29, 1.82) is 0 Å². The molecule has 0 amide bonds. The first kappa shape index (κ1) is 17.2. The second-order valence-corrected chi connectivity index (χ2v) is 6.57. The number of rotatable bonds is 6. The van der Waals surface area contributed by atoms with Gasteiger partial charge in [0.05, 0.1) is 13.2 Å². The summed E-state index contributed by atoms with van der Waals surface area (Å²) in [5.41, 5.74) is 0.518. The van der Waals surface area contributed by atoms with Crippen molar-refractivity contribution in [3.05, 3.63) is 23.9 Å². The number of carbonyl (C=O) groups excluding carboxylic acids is 1. The fourth-order valence-corrected chi connectivity index (χ4v) is 3.44. The van der Waals surface area contributed by atoms with Gasteiger partial charge in [-0.2, -0.15) is 0 Å². The summed E-state index contributed by atoms with van der Waals surface area (Å²) >= 11 is 0. The lowest BCUT2D eigenvalue weighted by molar-refractivity contribution is 0.0527. The van der Waals surface area contributed by atoms with Gasteiger partial charge in [-0.05, 0) is 44.2 Å². The predicted octanol–water partition coefficient (Wildman–Crippen LogP) is 2.17. The van der Waals surface area contributed by atoms with Crippen LogP contribution in [0.2, 0.25) is 0 Å². The molecule has 2 aliphatic heterocycles. The van der Waals surface area contributed by atoms with Gasteiger partial charge in [0, 0.05) is 38.5 Å². The molecule has 0 saturated carbocycles. The Morgan fingerprint density at radius 1 is 1.42 bits per heavy atom. The van der Waals surface area contributed by atoms with E-state index in [1.807, 2.05) is 6.92 Å². The molecule has 3 rings (SSSR count). The number of piperidine rings is 1. The summed E-state index contributed by atoms with van der Waals surface area (Å²) in [4.78, 5) is 18.9. The number of anilines is 1. The molecular weight excluding hydrogens is 306 g/mol. The highest BCUT2D eigenvalue weighted by atomic mass is 16.5. The molecule has 6 nitrogen and oxygen atoms in total. The number of hydrogen-bond acceptors (Lipinski definition) is 6. The second-order valence-electron chi connectivity index (χ2n) is 6.57. The molecule has 1 N–H and O–H groups in total. The molecule has 3 heterocycles. The van der Waals surface area contributed by atoms with Gasteiger partial charge in [0.1, 0.15) is 11.4 Å². The minimum absolute atomic E-state index is 0.313. The Bertz CT molecular complexity index is 538. The molecule has 1 aromatic rings. The largest absolute Gasteiger partial charge is 0.462 e. The molecule has 0 aliphatic carbocycles. The van der Waals surface area contributed by atoms with Gasteiger partial charge in [-0.25, -0.2) is 9.78 Å². The lowest BCUT2D eigenvalue weighted by Crippen LogP contribution is -2.41. The van der Waals surface area contributed by atoms with Crippen LogP contribution in [0, 0.1) is 5.92 Å². The minimum Gasteiger partial charge on any atom is -0.462 e. The van der Waals surface area contributed by atoms with Gasteiger partial charge in [0.25, 0.3) is 0 Å². The van der Waals surface area contributed by atoms with Crippen LogP contribution >= 0.6 is 0 Å². The quantitative estimate of drug-likeness (QED) is 0.805. The summed E-state index contributed by atoms with van der Waals surface area (Å²) in [6.45, 7) is 7.31. The highest BCUT2D eigenvalue weighted by Crippen LogP contribution is 2.21. The van der Waals surface area contributed by atoms with Gasteiger partial charge in [-0.15, -0.1) is 0 Å². The minimum atomic E-state index is -0.313. The maximum absolute atomic E-state index is 12.0. The van der Waals surface area contributed by atoms with E-state index in [1.54, 1.807) is 18.3 Å². The zero-order valence-electron chi connectivity index (χ0n) is 14.4. The fraction of sp³-hybridized carbons (Fsp3) is 0.667. The molecule has 24 heavy (non-hydrogen) atoms. The molecule has 1 atom stereocenters. The van der Waals surface area contributed by atoms with E-state index in [-0.39, 0.29) is 5.97 Å². The van der Waals surface area contributed by atoms with Crippen molar-refractivity contribution < 1.29 is 14.3 Å². The standard InChI is InChI=1S/C18H27N3O3/c1-2-24-18(22)16-4-3-8-19-17(16)20-15-5-9-21(10-6-15)12-14-7-11-23-13-14/h3-4,8,14-15H,2,5-7,9-13H2,1H3,(H,19,20)/t14-/m1/s1. The van der Waals surface area contributed by atoms with Crippen molar-refractivity contribution in [1.82, 2.24) is 9.88 Å². The monoisotopic (exact) mass is 333 g/mol. The van der Waals surface area contributed by atoms with E-state index in [0.717, 1.165) is 45.7 Å². The van der Waals surface area contributed by atoms with Crippen LogP contribution < -0.4 is 5.32 Å². The number of hydrogen-bond donors (Lipinski definition) is 1. The highest BCUT2D eigenvalue weighted by Gasteiger charge is 2.25. The van der Waals surface area contributed by atoms with Crippen LogP contribution in [0.25, 0.3) is 0 Å². The Kier molecular flexibility index (Phi) is 6.04. The van der Waals surface area contributed by atoms with E-state index in [2.05, 4.69) is 15.2 Å². The van der Waals surface area contributed by atoms with Crippen LogP contribution in [-0.4, -0.2) is 61.3 Å². The lowest BCUT2D eigenvalue weighted by Gasteiger charge is -2.34. The molecule has 1 aromatic heterocycles. The van der Waals surface area contributed by atoms with Gasteiger partial charge in [-0.1, -0.05) is 0 Å². The number of aromatic nitrogens is 1. The SMILES string of the molecule is CCOC(=O)c1cccnc1NC1CCN(C[C@H]2CCOC2)CC1. The average Bonchev–Trinajstić information content (AvgIpc) is 3.10. The third kappa shape index (κ3) is 4.45. The van der Waals surface area contributed by atoms with Crippen molar-refractivity contribution in [2.45, 2.75) is 32.2 Å². The zero-order valence-corrected chi connectivity index (χ0v) is 14.4. The Morgan fingerprint density at radius 3 is 2.96 bits per heavy atom. The summed E-state index contributed by atoms with van der Waals surface area (Å²) in [6, 6.07) is 3.89. The van der Waals surface area contributed by atoms with E-state index in [9.17, 15) is 4.79 Å². The first-order chi connectivity index (χ1) is 11.8. The Morgan fingerprint density at radius 2 is 2.25 bits per heavy atom. The van der Waals surface area contributed by atoms with E-state index in [1.165, 1.54) is 6.42 Å². The molecule has 2 fully saturated rings. The van der Waals surface area contributed by atoms with E-state index < -0.39 is 0 Å². The van der Waals surface area contributed by atoms with Crippen molar-refractivity contribution in [3.8, 4) is 0 Å². The second kappa shape index (κ2) is 8.44. The summed E-state index contributed by atoms with van der Waals surface area (Å²) in [5, 5.41) is 3.44. The molecule has 0 unspecified atom stereocenters. The number of nitrogens with zero attached hydrogens (tertiary/aromatic N) is 2. The maximum Gasteiger partial charge on any atom is 0.341 e. The van der Waals surface area contributed by atoms with Gasteiger partial charge in [0.15, 0.2) is 0 Å². The summed E-state index contributed by atoms with van der Waals surface area (Å²) in [5.74, 6) is 1.02. The molecule has 0 bridgehead atoms. The molecular formula is C18H27N3O3. The number of esters is 1. The molecule has 6 heteroatoms. The molecule has 132 valence electrons. The average molecular weight is 333 g/mol. The first-order valence-corrected chi connectivity index (χ1v) is 8.95. The number of ether oxygens (including phenoxy) is 2. The summed E-state index contributed by atoms with van der Waals surface area (Å²) in [6.07, 6.45) is 5.02. The first-order valence-electron chi connectivity index (χ1n) is 8.95. The smallest absolute Gasteiger partial charge is 0.341 e. The number of pyridine rings is 1. The van der Waals surface area contributed by atoms with Crippen molar-refractivity contribution in [2.24, 2.45) is 5.92 Å². The molecule has 0 radical (unpaired) electrons. The van der Waals surface area contributed by atoms with Crippen LogP contribution in [0.15, 0.2) is 18.3 Å². The lowest BCUT2D eigenvalue weighted by atomic mass is 10.0. The molecule has 2 aliphatic rings. The van der Waals surface area contributed by atoms with E-state index in [4.69, 9.17) is 9.47 Å². The maximum atomic E-state index is 12.0. The Balaban J connectivity index is 1.51. The topological polar surface area (TPSA) is 63.7 Å². The van der Waals surface area contributed by atoms with Crippen LogP contribution in [0.4, 0.5) is 5.82 Å². The van der Waals surface area contributed by atoms with Gasteiger partial charge >= 0.3 is 5.97 Å². The normalized spacial score (nSPS) is 22.5. The van der Waals surface area contributed by atoms with Crippen LogP contribution in [0.3, 0.4) is 0 Å². The Hall–Kier alpha value is -1.66. The number of likely N-dealkylation sites (tertiary alicyclic amines) is 1. The summed E-state index contributed by atoms with van der Waals surface area (Å²) in [7, 11) is 0. The number of nitrogens with one attached hydrogen (secondary N) is 1. The van der Waals surface area contributed by atoms with Gasteiger partial charge in [-0.3, -0.25) is 0 Å². The van der Waals surface area contributed by atoms with Crippen LogP contribution in [-0.2, 0) is 9.47 Å². The van der Waals surface area contributed by atoms with Crippen LogP contribution in [0.1, 0.15) is 36.5 Å². The van der Waals surface area contributed by atoms with Crippen molar-refractivity contribution in [3.63, 3.8) is 0 Å². The fourth-order valence-electron chi connectivity index (χ4n) is 3.44. The van der Waals surface area contributed by atoms with Crippen molar-refractivity contribution >= 4 is 11.8 Å². The Labute approximate surface area is 143 Å². The summed E-state index contributed by atoms with van der Waals surface area (Å²) < 4.78 is 10.6. The third-order valence-corrected chi connectivity index (χ3v) is 4.77. The van der Waals surface area contributed by atoms with E-state index in [0.29, 0.717) is 29.9 Å². The van der Waals surface area contributed by atoms with Gasteiger partial charge in [0.2, 0.25) is 0 Å². The molecule has 0 spiro atoms. The zero-order chi connectivity index (χ0) is 16.8. The van der Waals surface area contributed by atoms with Crippen LogP contribution in [0.5, 0.6) is 0 Å². The van der Waals surface area contributed by atoms with Crippen molar-refractivity contribution in [2.75, 3.05) is 44.8 Å². The highest BCUT2D eigenvalue weighted by molar-refractivity contribution is 5.94. The van der Waals surface area contributed by atoms with Gasteiger partial charge < -0.3 is 19.7 Å². The number of carbonyl (C=O) groups is 1.